The van der Waals surface area contributed by atoms with E-state index < -0.39 is 11.6 Å². The summed E-state index contributed by atoms with van der Waals surface area (Å²) in [7, 11) is 0. The molecule has 0 aromatic heterocycles. The van der Waals surface area contributed by atoms with Crippen molar-refractivity contribution in [3.63, 3.8) is 0 Å². The number of carbonyl (C=O) groups is 1. The number of hydrogen-bond donors (Lipinski definition) is 2. The van der Waals surface area contributed by atoms with Crippen molar-refractivity contribution >= 4 is 11.7 Å². The first-order valence-corrected chi connectivity index (χ1v) is 7.36. The summed E-state index contributed by atoms with van der Waals surface area (Å²) >= 11 is 0. The van der Waals surface area contributed by atoms with E-state index in [0.29, 0.717) is 18.0 Å². The molecule has 0 amide bonds. The number of hydrogen-bond acceptors (Lipinski definition) is 4. The van der Waals surface area contributed by atoms with Gasteiger partial charge in [0.2, 0.25) is 0 Å². The highest BCUT2D eigenvalue weighted by Gasteiger charge is 2.29. The molecule has 5 nitrogen and oxygen atoms in total. The van der Waals surface area contributed by atoms with Gasteiger partial charge in [0.25, 0.3) is 0 Å². The summed E-state index contributed by atoms with van der Waals surface area (Å²) in [5.74, 6) is 0.267. The van der Waals surface area contributed by atoms with Gasteiger partial charge < -0.3 is 20.3 Å². The minimum absolute atomic E-state index is 0.526. The smallest absolute Gasteiger partial charge is 0.347 e. The van der Waals surface area contributed by atoms with E-state index in [0.717, 1.165) is 17.7 Å². The Morgan fingerprint density at radius 1 is 1.13 bits per heavy atom. The van der Waals surface area contributed by atoms with Crippen LogP contribution in [0.25, 0.3) is 0 Å². The lowest BCUT2D eigenvalue weighted by Crippen LogP contribution is -2.37. The van der Waals surface area contributed by atoms with Gasteiger partial charge in [-0.05, 0) is 43.7 Å². The first-order chi connectivity index (χ1) is 10.9. The minimum atomic E-state index is -1.25. The van der Waals surface area contributed by atoms with E-state index in [-0.39, 0.29) is 0 Å². The normalized spacial score (nSPS) is 11.0. The average molecular weight is 315 g/mol. The van der Waals surface area contributed by atoms with Gasteiger partial charge in [-0.1, -0.05) is 18.2 Å². The average Bonchev–Trinajstić information content (AvgIpc) is 2.49. The summed E-state index contributed by atoms with van der Waals surface area (Å²) in [6, 6.07) is 14.6. The van der Waals surface area contributed by atoms with Crippen LogP contribution in [-0.2, 0) is 11.2 Å². The molecule has 0 aliphatic heterocycles. The zero-order valence-electron chi connectivity index (χ0n) is 13.3. The Morgan fingerprint density at radius 3 is 2.43 bits per heavy atom. The molecule has 0 spiro atoms. The maximum Gasteiger partial charge on any atom is 0.347 e. The van der Waals surface area contributed by atoms with Gasteiger partial charge in [-0.3, -0.25) is 0 Å². The molecule has 0 saturated heterocycles. The molecule has 0 unspecified atom stereocenters. The standard InChI is InChI=1S/C18H21NO4/c1-18(2,17(20)21)23-15-8-6-13(7-9-15)10-11-22-16-5-3-4-14(19)12-16/h3-9,12H,10-11,19H2,1-2H3,(H,20,21). The number of carboxylic acids is 1. The fourth-order valence-corrected chi connectivity index (χ4v) is 1.95. The molecule has 0 heterocycles. The number of nitrogens with two attached hydrogens (primary N) is 1. The molecule has 2 rings (SSSR count). The number of rotatable bonds is 7. The zero-order valence-corrected chi connectivity index (χ0v) is 13.3. The number of aliphatic carboxylic acids is 1. The summed E-state index contributed by atoms with van der Waals surface area (Å²) in [5, 5.41) is 9.05. The van der Waals surface area contributed by atoms with E-state index in [4.69, 9.17) is 20.3 Å². The summed E-state index contributed by atoms with van der Waals surface area (Å²) in [5.41, 5.74) is 6.19. The largest absolute Gasteiger partial charge is 0.493 e. The predicted octanol–water partition coefficient (Wildman–Crippen LogP) is 3.13. The summed E-state index contributed by atoms with van der Waals surface area (Å²) in [4.78, 5) is 11.0. The molecule has 2 aromatic carbocycles. The Kier molecular flexibility index (Phi) is 5.11. The van der Waals surface area contributed by atoms with Crippen LogP contribution in [-0.4, -0.2) is 23.3 Å². The lowest BCUT2D eigenvalue weighted by Gasteiger charge is -2.21. The van der Waals surface area contributed by atoms with Crippen LogP contribution in [0.4, 0.5) is 5.69 Å². The minimum Gasteiger partial charge on any atom is -0.493 e. The lowest BCUT2D eigenvalue weighted by molar-refractivity contribution is -0.152. The number of anilines is 1. The molecule has 0 atom stereocenters. The lowest BCUT2D eigenvalue weighted by atomic mass is 10.1. The third-order valence-corrected chi connectivity index (χ3v) is 3.33. The SMILES string of the molecule is CC(C)(Oc1ccc(CCOc2cccc(N)c2)cc1)C(=O)O. The molecule has 0 radical (unpaired) electrons. The van der Waals surface area contributed by atoms with Crippen molar-refractivity contribution in [1.29, 1.82) is 0 Å². The van der Waals surface area contributed by atoms with Crippen molar-refractivity contribution in [1.82, 2.24) is 0 Å². The Bertz CT molecular complexity index is 665. The molecule has 122 valence electrons. The highest BCUT2D eigenvalue weighted by molar-refractivity contribution is 5.76. The monoisotopic (exact) mass is 315 g/mol. The fourth-order valence-electron chi connectivity index (χ4n) is 1.95. The van der Waals surface area contributed by atoms with Crippen molar-refractivity contribution in [3.05, 3.63) is 54.1 Å². The topological polar surface area (TPSA) is 81.8 Å². The molecule has 0 fully saturated rings. The number of benzene rings is 2. The Hall–Kier alpha value is -2.69. The van der Waals surface area contributed by atoms with Gasteiger partial charge in [0.05, 0.1) is 6.61 Å². The van der Waals surface area contributed by atoms with E-state index in [2.05, 4.69) is 0 Å². The van der Waals surface area contributed by atoms with Crippen LogP contribution in [0.3, 0.4) is 0 Å². The molecule has 0 aliphatic rings. The van der Waals surface area contributed by atoms with Crippen molar-refractivity contribution in [2.24, 2.45) is 0 Å². The molecular weight excluding hydrogens is 294 g/mol. The Balaban J connectivity index is 1.87. The molecule has 0 aliphatic carbocycles. The van der Waals surface area contributed by atoms with Gasteiger partial charge in [-0.2, -0.15) is 0 Å². The number of ether oxygens (including phenoxy) is 2. The maximum absolute atomic E-state index is 11.0. The van der Waals surface area contributed by atoms with Gasteiger partial charge in [0.15, 0.2) is 5.60 Å². The Labute approximate surface area is 135 Å². The van der Waals surface area contributed by atoms with Crippen LogP contribution < -0.4 is 15.2 Å². The van der Waals surface area contributed by atoms with Gasteiger partial charge in [0, 0.05) is 18.2 Å². The highest BCUT2D eigenvalue weighted by Crippen LogP contribution is 2.20. The maximum atomic E-state index is 11.0. The van der Waals surface area contributed by atoms with Crippen LogP contribution in [0.5, 0.6) is 11.5 Å². The second-order valence-corrected chi connectivity index (χ2v) is 5.73. The van der Waals surface area contributed by atoms with Crippen LogP contribution in [0.2, 0.25) is 0 Å². The van der Waals surface area contributed by atoms with E-state index in [1.807, 2.05) is 30.3 Å². The predicted molar refractivity (Wildman–Crippen MR) is 88.8 cm³/mol. The first-order valence-electron chi connectivity index (χ1n) is 7.36. The van der Waals surface area contributed by atoms with E-state index in [1.165, 1.54) is 13.8 Å². The van der Waals surface area contributed by atoms with E-state index >= 15 is 0 Å². The second kappa shape index (κ2) is 7.05. The Morgan fingerprint density at radius 2 is 1.83 bits per heavy atom. The van der Waals surface area contributed by atoms with E-state index in [1.54, 1.807) is 18.2 Å². The third kappa shape index (κ3) is 4.92. The van der Waals surface area contributed by atoms with Gasteiger partial charge in [0.1, 0.15) is 11.5 Å². The van der Waals surface area contributed by atoms with Crippen LogP contribution in [0.1, 0.15) is 19.4 Å². The van der Waals surface area contributed by atoms with Crippen molar-refractivity contribution in [2.45, 2.75) is 25.9 Å². The molecule has 23 heavy (non-hydrogen) atoms. The van der Waals surface area contributed by atoms with Crippen LogP contribution in [0, 0.1) is 0 Å². The molecule has 5 heteroatoms. The molecule has 2 aromatic rings. The number of carboxylic acid groups (broad SMARTS) is 1. The zero-order chi connectivity index (χ0) is 16.9. The van der Waals surface area contributed by atoms with Crippen molar-refractivity contribution in [2.75, 3.05) is 12.3 Å². The molecule has 3 N–H and O–H groups in total. The quantitative estimate of drug-likeness (QED) is 0.767. The molecular formula is C18H21NO4. The third-order valence-electron chi connectivity index (χ3n) is 3.33. The molecule has 0 saturated carbocycles. The summed E-state index contributed by atoms with van der Waals surface area (Å²) < 4.78 is 11.1. The van der Waals surface area contributed by atoms with E-state index in [9.17, 15) is 4.79 Å². The fraction of sp³-hybridized carbons (Fsp3) is 0.278. The second-order valence-electron chi connectivity index (χ2n) is 5.73. The molecule has 0 bridgehead atoms. The van der Waals surface area contributed by atoms with Crippen LogP contribution >= 0.6 is 0 Å². The van der Waals surface area contributed by atoms with Gasteiger partial charge >= 0.3 is 5.97 Å². The van der Waals surface area contributed by atoms with Crippen LogP contribution in [0.15, 0.2) is 48.5 Å². The first kappa shape index (κ1) is 16.7. The van der Waals surface area contributed by atoms with Gasteiger partial charge in [-0.25, -0.2) is 4.79 Å². The number of nitrogen functional groups attached to an aromatic ring is 1. The van der Waals surface area contributed by atoms with Crippen molar-refractivity contribution < 1.29 is 19.4 Å². The van der Waals surface area contributed by atoms with Crippen molar-refractivity contribution in [3.8, 4) is 11.5 Å². The summed E-state index contributed by atoms with van der Waals surface area (Å²) in [6.07, 6.45) is 0.734. The summed E-state index contributed by atoms with van der Waals surface area (Å²) in [6.45, 7) is 3.57. The highest BCUT2D eigenvalue weighted by atomic mass is 16.5. The van der Waals surface area contributed by atoms with Gasteiger partial charge in [-0.15, -0.1) is 0 Å².